The van der Waals surface area contributed by atoms with Gasteiger partial charge in [0.2, 0.25) is 0 Å². The number of rotatable bonds is 0. The van der Waals surface area contributed by atoms with E-state index in [1.165, 1.54) is 0 Å². The summed E-state index contributed by atoms with van der Waals surface area (Å²) in [5, 5.41) is 0. The molecule has 32 valence electrons. The Morgan fingerprint density at radius 2 is 0.125 bits per heavy atom. The van der Waals surface area contributed by atoms with Crippen molar-refractivity contribution in [3.05, 3.63) is 0 Å². The third-order valence-corrected chi connectivity index (χ3v) is 0. The van der Waals surface area contributed by atoms with Gasteiger partial charge >= 0.3 is 0 Å². The summed E-state index contributed by atoms with van der Waals surface area (Å²) in [5.74, 6) is 0. The molecular weight excluding hydrogens is 1660 g/mol. The molecule has 0 nitrogen and oxygen atoms in total. The normalized spacial score (nSPS) is 0. The monoisotopic (exact) mass is 1660 g/mol. The minimum absolute atomic E-state index is 0. The summed E-state index contributed by atoms with van der Waals surface area (Å²) in [6.45, 7) is 0. The largest absolute Gasteiger partial charge is 0 e. The van der Waals surface area contributed by atoms with Crippen LogP contribution in [-0.4, -0.2) is 218 Å². The Morgan fingerprint density at radius 1 is 0.125 bits per heavy atom. The van der Waals surface area contributed by atoms with Crippen molar-refractivity contribution >= 4 is 218 Å². The molecule has 0 aromatic heterocycles. The summed E-state index contributed by atoms with van der Waals surface area (Å²) >= 11 is 0. The predicted molar refractivity (Wildman–Crippen MR) is 46.0 cm³/mol. The average Bonchev–Trinajstić information content (AvgIpc) is 0. The second-order valence-electron chi connectivity index (χ2n) is 0. The Kier molecular flexibility index (Phi) is 345. The maximum Gasteiger partial charge on any atom is 0 e. The first-order chi connectivity index (χ1) is 0. The summed E-state index contributed by atoms with van der Waals surface area (Å²) in [5.41, 5.74) is 0. The summed E-state index contributed by atoms with van der Waals surface area (Å²) in [7, 11) is 0. The van der Waals surface area contributed by atoms with Gasteiger partial charge in [-0.15, -0.1) is 0 Å². The molecule has 0 aromatic carbocycles. The second-order valence-corrected chi connectivity index (χ2v) is 0. The van der Waals surface area contributed by atoms with Crippen molar-refractivity contribution in [1.82, 2.24) is 0 Å². The van der Waals surface area contributed by atoms with Crippen LogP contribution < -0.4 is 0 Å². The molecule has 0 rings (SSSR count). The van der Waals surface area contributed by atoms with Gasteiger partial charge in [-0.2, -0.15) is 0 Å². The molecule has 0 atom stereocenters. The van der Waals surface area contributed by atoms with Crippen molar-refractivity contribution in [3.63, 3.8) is 0 Å². The van der Waals surface area contributed by atoms with Gasteiger partial charge in [-0.3, -0.25) is 0 Å². The standard InChI is InChI=1S/8Pb. The third kappa shape index (κ3) is 37.7. The minimum Gasteiger partial charge on any atom is 0 e. The Bertz CT molecular complexity index is 0. The molecule has 8 heavy (non-hydrogen) atoms. The van der Waals surface area contributed by atoms with Crippen LogP contribution in [0, 0.1) is 0 Å². The number of hydrogen-bond acceptors (Lipinski definition) is 0. The smallest absolute Gasteiger partial charge is 0 e. The average molecular weight is 1660 g/mol. The van der Waals surface area contributed by atoms with E-state index in [2.05, 4.69) is 0 Å². The van der Waals surface area contributed by atoms with Crippen LogP contribution in [0.4, 0.5) is 0 Å². The summed E-state index contributed by atoms with van der Waals surface area (Å²) in [6, 6.07) is 0. The molecule has 0 fully saturated rings. The van der Waals surface area contributed by atoms with Crippen LogP contribution in [0.15, 0.2) is 0 Å². The van der Waals surface area contributed by atoms with E-state index in [4.69, 9.17) is 0 Å². The van der Waals surface area contributed by atoms with Gasteiger partial charge in [0, 0.05) is 218 Å². The zero-order valence-corrected chi connectivity index (χ0v) is 35.1. The SMILES string of the molecule is [Pb].[Pb].[Pb].[Pb].[Pb].[Pb].[Pb].[Pb]. The molecule has 0 aliphatic heterocycles. The van der Waals surface area contributed by atoms with Crippen molar-refractivity contribution < 1.29 is 0 Å². The molecule has 0 aromatic rings. The molecule has 0 heterocycles. The molecular formula is Pb8. The fourth-order valence-corrected chi connectivity index (χ4v) is 0. The van der Waals surface area contributed by atoms with Crippen LogP contribution in [0.1, 0.15) is 0 Å². The van der Waals surface area contributed by atoms with Gasteiger partial charge in [0.1, 0.15) is 0 Å². The van der Waals surface area contributed by atoms with Crippen molar-refractivity contribution in [2.75, 3.05) is 0 Å². The molecule has 8 heteroatoms. The Balaban J connectivity index is 0. The fourth-order valence-electron chi connectivity index (χ4n) is 0. The first kappa shape index (κ1) is 58.4. The zero-order valence-electron chi connectivity index (χ0n) is 4.00. The van der Waals surface area contributed by atoms with Gasteiger partial charge in [-0.05, 0) is 0 Å². The molecule has 0 amide bonds. The molecule has 0 aliphatic rings. The first-order valence-corrected chi connectivity index (χ1v) is 0. The van der Waals surface area contributed by atoms with E-state index < -0.39 is 0 Å². The summed E-state index contributed by atoms with van der Waals surface area (Å²) in [6.07, 6.45) is 0. The van der Waals surface area contributed by atoms with Crippen LogP contribution >= 0.6 is 0 Å². The van der Waals surface area contributed by atoms with E-state index in [0.29, 0.717) is 0 Å². The van der Waals surface area contributed by atoms with Gasteiger partial charge in [0.25, 0.3) is 0 Å². The third-order valence-electron chi connectivity index (χ3n) is 0. The quantitative estimate of drug-likeness (QED) is 0.227. The fraction of sp³-hybridized carbons (Fsp3) is 0. The van der Waals surface area contributed by atoms with Crippen molar-refractivity contribution in [1.29, 1.82) is 0 Å². The maximum atomic E-state index is 0. The van der Waals surface area contributed by atoms with Crippen molar-refractivity contribution in [2.24, 2.45) is 0 Å². The Morgan fingerprint density at radius 3 is 0.125 bits per heavy atom. The topological polar surface area (TPSA) is 0 Å². The van der Waals surface area contributed by atoms with Crippen LogP contribution in [0.25, 0.3) is 0 Å². The molecule has 0 saturated carbocycles. The Labute approximate surface area is 212 Å². The first-order valence-electron chi connectivity index (χ1n) is 0. The zero-order chi connectivity index (χ0) is 0. The molecule has 0 bridgehead atoms. The molecule has 0 saturated heterocycles. The van der Waals surface area contributed by atoms with Gasteiger partial charge in [-0.1, -0.05) is 0 Å². The van der Waals surface area contributed by atoms with E-state index in [1.807, 2.05) is 0 Å². The van der Waals surface area contributed by atoms with Gasteiger partial charge in [-0.25, -0.2) is 0 Å². The van der Waals surface area contributed by atoms with Crippen LogP contribution in [0.5, 0.6) is 0 Å². The van der Waals surface area contributed by atoms with Crippen LogP contribution in [0.3, 0.4) is 0 Å². The summed E-state index contributed by atoms with van der Waals surface area (Å²) < 4.78 is 0. The van der Waals surface area contributed by atoms with E-state index in [-0.39, 0.29) is 218 Å². The molecule has 0 aliphatic carbocycles. The maximum absolute atomic E-state index is 0. The van der Waals surface area contributed by atoms with Crippen LogP contribution in [-0.2, 0) is 0 Å². The number of hydrogen-bond donors (Lipinski definition) is 0. The molecule has 0 N–H and O–H groups in total. The summed E-state index contributed by atoms with van der Waals surface area (Å²) in [4.78, 5) is 0. The van der Waals surface area contributed by atoms with Gasteiger partial charge in [0.15, 0.2) is 0 Å². The molecule has 0 spiro atoms. The molecule has 32 radical (unpaired) electrons. The van der Waals surface area contributed by atoms with E-state index in [1.54, 1.807) is 0 Å². The van der Waals surface area contributed by atoms with Crippen LogP contribution in [0.2, 0.25) is 0 Å². The molecule has 0 unspecified atom stereocenters. The van der Waals surface area contributed by atoms with E-state index in [0.717, 1.165) is 0 Å². The van der Waals surface area contributed by atoms with Gasteiger partial charge in [0.05, 0.1) is 0 Å². The van der Waals surface area contributed by atoms with Crippen molar-refractivity contribution in [3.8, 4) is 0 Å². The minimum atomic E-state index is 0. The van der Waals surface area contributed by atoms with Gasteiger partial charge < -0.3 is 0 Å². The van der Waals surface area contributed by atoms with E-state index >= 15 is 0 Å². The van der Waals surface area contributed by atoms with Crippen molar-refractivity contribution in [2.45, 2.75) is 0 Å². The predicted octanol–water partition coefficient (Wildman–Crippen LogP) is -3.05. The second kappa shape index (κ2) is 47.3. The Hall–Kier alpha value is 7.38. The van der Waals surface area contributed by atoms with E-state index in [9.17, 15) is 0 Å².